The quantitative estimate of drug-likeness (QED) is 0.453. The van der Waals surface area contributed by atoms with Crippen molar-refractivity contribution in [2.24, 2.45) is 0 Å². The van der Waals surface area contributed by atoms with Crippen LogP contribution in [0, 0.1) is 0 Å². The Balaban J connectivity index is 2.18. The number of pyridine rings is 1. The van der Waals surface area contributed by atoms with Gasteiger partial charge in [0.15, 0.2) is 5.75 Å². The van der Waals surface area contributed by atoms with Crippen molar-refractivity contribution in [2.45, 2.75) is 13.5 Å². The Kier molecular flexibility index (Phi) is 5.30. The Morgan fingerprint density at radius 2 is 1.91 bits per heavy atom. The molecule has 1 heterocycles. The fraction of sp³-hybridized carbons (Fsp3) is 0.200. The van der Waals surface area contributed by atoms with E-state index in [4.69, 9.17) is 9.07 Å². The summed E-state index contributed by atoms with van der Waals surface area (Å²) in [5.74, 6) is -0.217. The second-order valence-corrected chi connectivity index (χ2v) is 6.31. The van der Waals surface area contributed by atoms with E-state index in [0.29, 0.717) is 17.1 Å². The molecule has 0 amide bonds. The molecule has 7 nitrogen and oxygen atoms in total. The summed E-state index contributed by atoms with van der Waals surface area (Å²) in [5, 5.41) is 0. The molecule has 0 unspecified atom stereocenters. The molecule has 0 aliphatic rings. The highest BCUT2D eigenvalue weighted by molar-refractivity contribution is 7.85. The number of nitrogens with zero attached hydrogens (tertiary/aromatic N) is 1. The Labute approximate surface area is 133 Å². The Morgan fingerprint density at radius 1 is 1.17 bits per heavy atom. The Morgan fingerprint density at radius 3 is 2.61 bits per heavy atom. The van der Waals surface area contributed by atoms with Gasteiger partial charge in [0.05, 0.1) is 17.6 Å². The monoisotopic (exact) mass is 337 g/mol. The van der Waals surface area contributed by atoms with E-state index < -0.39 is 16.1 Å². The van der Waals surface area contributed by atoms with Crippen LogP contribution >= 0.6 is 0 Å². The second-order valence-electron chi connectivity index (χ2n) is 4.67. The lowest BCUT2D eigenvalue weighted by molar-refractivity contribution is -0.210. The van der Waals surface area contributed by atoms with Gasteiger partial charge in [-0.15, -0.1) is 0 Å². The van der Waals surface area contributed by atoms with Gasteiger partial charge in [0.1, 0.15) is 6.61 Å². The van der Waals surface area contributed by atoms with Gasteiger partial charge in [-0.3, -0.25) is 18.9 Å². The van der Waals surface area contributed by atoms with Gasteiger partial charge in [-0.25, -0.2) is 4.79 Å². The number of carbonyl (C=O) groups is 1. The van der Waals surface area contributed by atoms with E-state index in [9.17, 15) is 13.2 Å². The first-order chi connectivity index (χ1) is 10.8. The first-order valence-corrected chi connectivity index (χ1v) is 8.41. The third kappa shape index (κ3) is 5.68. The van der Waals surface area contributed by atoms with Crippen molar-refractivity contribution >= 4 is 16.1 Å². The molecule has 0 radical (unpaired) electrons. The summed E-state index contributed by atoms with van der Waals surface area (Å²) in [4.78, 5) is 24.4. The molecule has 0 aliphatic heterocycles. The van der Waals surface area contributed by atoms with Crippen molar-refractivity contribution in [3.05, 3.63) is 48.2 Å². The van der Waals surface area contributed by atoms with E-state index in [-0.39, 0.29) is 6.61 Å². The summed E-state index contributed by atoms with van der Waals surface area (Å²) < 4.78 is 26.8. The van der Waals surface area contributed by atoms with Gasteiger partial charge in [-0.05, 0) is 24.3 Å². The van der Waals surface area contributed by atoms with Gasteiger partial charge < -0.3 is 0 Å². The lowest BCUT2D eigenvalue weighted by Gasteiger charge is -2.07. The minimum Gasteiger partial charge on any atom is -0.287 e. The number of rotatable bonds is 6. The third-order valence-corrected chi connectivity index (χ3v) is 3.16. The normalized spacial score (nSPS) is 11.0. The van der Waals surface area contributed by atoms with Crippen LogP contribution in [0.25, 0.3) is 11.3 Å². The average Bonchev–Trinajstić information content (AvgIpc) is 2.51. The highest BCUT2D eigenvalue weighted by Crippen LogP contribution is 2.23. The SMILES string of the molecule is CC(=O)OOc1cccc(-c2cccc(COS(C)(=O)=O)n2)c1. The van der Waals surface area contributed by atoms with E-state index in [1.165, 1.54) is 6.92 Å². The molecule has 1 aromatic heterocycles. The summed E-state index contributed by atoms with van der Waals surface area (Å²) in [6, 6.07) is 11.9. The molecule has 2 aromatic rings. The van der Waals surface area contributed by atoms with E-state index >= 15 is 0 Å². The van der Waals surface area contributed by atoms with Gasteiger partial charge in [-0.2, -0.15) is 8.42 Å². The Hall–Kier alpha value is -2.45. The van der Waals surface area contributed by atoms with Crippen molar-refractivity contribution in [3.8, 4) is 17.0 Å². The molecule has 0 aliphatic carbocycles. The van der Waals surface area contributed by atoms with Crippen LogP contribution in [0.15, 0.2) is 42.5 Å². The number of hydrogen-bond acceptors (Lipinski definition) is 7. The summed E-state index contributed by atoms with van der Waals surface area (Å²) in [5.41, 5.74) is 1.79. The maximum atomic E-state index is 11.0. The summed E-state index contributed by atoms with van der Waals surface area (Å²) in [7, 11) is -3.53. The molecular formula is C15H15NO6S. The van der Waals surface area contributed by atoms with Crippen LogP contribution in [-0.4, -0.2) is 25.6 Å². The minimum atomic E-state index is -3.53. The predicted molar refractivity (Wildman–Crippen MR) is 81.7 cm³/mol. The summed E-state index contributed by atoms with van der Waals surface area (Å²) in [6.07, 6.45) is 0.979. The first kappa shape index (κ1) is 16.9. The number of aromatic nitrogens is 1. The van der Waals surface area contributed by atoms with Crippen LogP contribution < -0.4 is 4.89 Å². The summed E-state index contributed by atoms with van der Waals surface area (Å²) >= 11 is 0. The zero-order chi connectivity index (χ0) is 16.9. The predicted octanol–water partition coefficient (Wildman–Crippen LogP) is 2.08. The lowest BCUT2D eigenvalue weighted by Crippen LogP contribution is -2.04. The highest BCUT2D eigenvalue weighted by atomic mass is 32.2. The first-order valence-electron chi connectivity index (χ1n) is 6.59. The molecule has 8 heteroatoms. The molecule has 0 saturated carbocycles. The minimum absolute atomic E-state index is 0.143. The number of carbonyl (C=O) groups excluding carboxylic acids is 1. The molecule has 0 spiro atoms. The van der Waals surface area contributed by atoms with E-state index in [1.807, 2.05) is 0 Å². The van der Waals surface area contributed by atoms with Gasteiger partial charge in [0, 0.05) is 12.5 Å². The van der Waals surface area contributed by atoms with Crippen molar-refractivity contribution < 1.29 is 27.2 Å². The van der Waals surface area contributed by atoms with Crippen molar-refractivity contribution in [3.63, 3.8) is 0 Å². The molecule has 0 atom stereocenters. The van der Waals surface area contributed by atoms with Gasteiger partial charge in [0.2, 0.25) is 0 Å². The lowest BCUT2D eigenvalue weighted by atomic mass is 10.1. The van der Waals surface area contributed by atoms with Gasteiger partial charge >= 0.3 is 5.97 Å². The molecule has 0 fully saturated rings. The topological polar surface area (TPSA) is 91.8 Å². The van der Waals surface area contributed by atoms with Crippen molar-refractivity contribution in [1.29, 1.82) is 0 Å². The number of hydrogen-bond donors (Lipinski definition) is 0. The van der Waals surface area contributed by atoms with Crippen LogP contribution in [0.1, 0.15) is 12.6 Å². The average molecular weight is 337 g/mol. The molecule has 0 bridgehead atoms. The second kappa shape index (κ2) is 7.21. The van der Waals surface area contributed by atoms with Gasteiger partial charge in [-0.1, -0.05) is 18.2 Å². The smallest absolute Gasteiger partial charge is 0.287 e. The van der Waals surface area contributed by atoms with E-state index in [2.05, 4.69) is 9.87 Å². The maximum Gasteiger partial charge on any atom is 0.352 e. The molecule has 0 saturated heterocycles. The standard InChI is InChI=1S/C15H15NO6S/c1-11(17)21-22-14-7-3-5-12(9-14)15-8-4-6-13(16-15)10-20-23(2,18)19/h3-9H,10H2,1-2H3. The maximum absolute atomic E-state index is 11.0. The van der Waals surface area contributed by atoms with E-state index in [0.717, 1.165) is 11.8 Å². The zero-order valence-corrected chi connectivity index (χ0v) is 13.4. The van der Waals surface area contributed by atoms with Crippen LogP contribution in [0.4, 0.5) is 0 Å². The molecular weight excluding hydrogens is 322 g/mol. The molecule has 23 heavy (non-hydrogen) atoms. The largest absolute Gasteiger partial charge is 0.352 e. The van der Waals surface area contributed by atoms with Gasteiger partial charge in [0.25, 0.3) is 10.1 Å². The van der Waals surface area contributed by atoms with Crippen LogP contribution in [0.5, 0.6) is 5.75 Å². The van der Waals surface area contributed by atoms with Crippen LogP contribution in [0.2, 0.25) is 0 Å². The van der Waals surface area contributed by atoms with Crippen molar-refractivity contribution in [2.75, 3.05) is 6.26 Å². The fourth-order valence-corrected chi connectivity index (χ4v) is 2.04. The summed E-state index contributed by atoms with van der Waals surface area (Å²) in [6.45, 7) is 1.09. The third-order valence-electron chi connectivity index (χ3n) is 2.61. The zero-order valence-electron chi connectivity index (χ0n) is 12.6. The van der Waals surface area contributed by atoms with E-state index in [1.54, 1.807) is 42.5 Å². The molecule has 1 aromatic carbocycles. The van der Waals surface area contributed by atoms with Crippen LogP contribution in [0.3, 0.4) is 0 Å². The van der Waals surface area contributed by atoms with Crippen LogP contribution in [-0.2, 0) is 30.6 Å². The molecule has 0 N–H and O–H groups in total. The molecule has 122 valence electrons. The molecule has 2 rings (SSSR count). The fourth-order valence-electron chi connectivity index (χ4n) is 1.70. The Bertz CT molecular complexity index is 803. The highest BCUT2D eigenvalue weighted by Gasteiger charge is 2.07. The van der Waals surface area contributed by atoms with Crippen molar-refractivity contribution in [1.82, 2.24) is 4.98 Å². The number of benzene rings is 1.